The summed E-state index contributed by atoms with van der Waals surface area (Å²) in [5.41, 5.74) is 5.64. The van der Waals surface area contributed by atoms with Gasteiger partial charge in [0.05, 0.1) is 6.61 Å². The molecule has 0 aliphatic rings. The lowest BCUT2D eigenvalue weighted by atomic mass is 9.91. The first-order valence-electron chi connectivity index (χ1n) is 11.6. The molecule has 4 nitrogen and oxygen atoms in total. The van der Waals surface area contributed by atoms with Crippen LogP contribution in [0.3, 0.4) is 0 Å². The predicted octanol–water partition coefficient (Wildman–Crippen LogP) is 6.90. The summed E-state index contributed by atoms with van der Waals surface area (Å²) in [7, 11) is 0. The summed E-state index contributed by atoms with van der Waals surface area (Å²) in [6.07, 6.45) is 15.0. The van der Waals surface area contributed by atoms with E-state index in [0.29, 0.717) is 24.4 Å². The van der Waals surface area contributed by atoms with Gasteiger partial charge in [-0.3, -0.25) is 0 Å². The van der Waals surface area contributed by atoms with Crippen LogP contribution in [0.5, 0.6) is 6.01 Å². The standard InChI is InChI=1S/C24H45N3O/c1-19(2)9-6-10-20(3)11-7-12-21(4)13-8-14-22(5)16-18-28-24-26-17-15-23(25)27-24/h15,17,19-22H,6-14,16,18H2,1-5H3,(H2,25,26,27). The van der Waals surface area contributed by atoms with E-state index in [2.05, 4.69) is 44.6 Å². The van der Waals surface area contributed by atoms with Crippen molar-refractivity contribution in [2.45, 2.75) is 98.8 Å². The molecule has 0 saturated heterocycles. The van der Waals surface area contributed by atoms with Crippen molar-refractivity contribution in [3.8, 4) is 6.01 Å². The lowest BCUT2D eigenvalue weighted by Gasteiger charge is -2.16. The molecule has 1 aromatic rings. The molecule has 1 aromatic heterocycles. The number of anilines is 1. The molecule has 0 radical (unpaired) electrons. The van der Waals surface area contributed by atoms with Gasteiger partial charge in [-0.1, -0.05) is 92.4 Å². The summed E-state index contributed by atoms with van der Waals surface area (Å²) in [6.45, 7) is 12.5. The fraction of sp³-hybridized carbons (Fsp3) is 0.833. The highest BCUT2D eigenvalue weighted by atomic mass is 16.5. The van der Waals surface area contributed by atoms with Gasteiger partial charge in [0.2, 0.25) is 0 Å². The van der Waals surface area contributed by atoms with Crippen LogP contribution in [0.4, 0.5) is 5.82 Å². The van der Waals surface area contributed by atoms with Crippen molar-refractivity contribution in [3.05, 3.63) is 12.3 Å². The molecule has 4 heteroatoms. The number of nitrogen functional groups attached to an aromatic ring is 1. The smallest absolute Gasteiger partial charge is 0.318 e. The second kappa shape index (κ2) is 14.6. The molecule has 0 bridgehead atoms. The van der Waals surface area contributed by atoms with E-state index in [0.717, 1.165) is 24.2 Å². The maximum absolute atomic E-state index is 5.64. The highest BCUT2D eigenvalue weighted by Crippen LogP contribution is 2.22. The molecule has 0 amide bonds. The average Bonchev–Trinajstić information content (AvgIpc) is 2.61. The summed E-state index contributed by atoms with van der Waals surface area (Å²) in [4.78, 5) is 8.14. The molecule has 3 unspecified atom stereocenters. The first-order valence-corrected chi connectivity index (χ1v) is 11.6. The molecule has 2 N–H and O–H groups in total. The molecule has 0 saturated carbocycles. The first-order chi connectivity index (χ1) is 13.4. The second-order valence-corrected chi connectivity index (χ2v) is 9.40. The normalized spacial score (nSPS) is 14.8. The Labute approximate surface area is 174 Å². The van der Waals surface area contributed by atoms with Crippen LogP contribution in [0, 0.1) is 23.7 Å². The van der Waals surface area contributed by atoms with Gasteiger partial charge in [0.25, 0.3) is 0 Å². The van der Waals surface area contributed by atoms with Crippen molar-refractivity contribution in [1.82, 2.24) is 9.97 Å². The van der Waals surface area contributed by atoms with Crippen LogP contribution in [0.25, 0.3) is 0 Å². The summed E-state index contributed by atoms with van der Waals surface area (Å²) in [6, 6.07) is 2.06. The van der Waals surface area contributed by atoms with Crippen molar-refractivity contribution < 1.29 is 4.74 Å². The van der Waals surface area contributed by atoms with E-state index in [1.807, 2.05) is 0 Å². The van der Waals surface area contributed by atoms with Crippen molar-refractivity contribution in [1.29, 1.82) is 0 Å². The Hall–Kier alpha value is -1.32. The van der Waals surface area contributed by atoms with Gasteiger partial charge in [0.1, 0.15) is 5.82 Å². The lowest BCUT2D eigenvalue weighted by Crippen LogP contribution is -2.07. The lowest BCUT2D eigenvalue weighted by molar-refractivity contribution is 0.257. The molecule has 1 heterocycles. The number of hydrogen-bond acceptors (Lipinski definition) is 4. The average molecular weight is 392 g/mol. The van der Waals surface area contributed by atoms with Gasteiger partial charge in [-0.2, -0.15) is 4.98 Å². The molecule has 0 aromatic carbocycles. The number of rotatable bonds is 16. The Kier molecular flexibility index (Phi) is 12.9. The number of nitrogens with two attached hydrogens (primary N) is 1. The van der Waals surface area contributed by atoms with Gasteiger partial charge >= 0.3 is 6.01 Å². The van der Waals surface area contributed by atoms with Crippen molar-refractivity contribution in [2.24, 2.45) is 23.7 Å². The van der Waals surface area contributed by atoms with Gasteiger partial charge in [-0.25, -0.2) is 4.98 Å². The number of ether oxygens (including phenoxy) is 1. The Balaban J connectivity index is 2.00. The summed E-state index contributed by atoms with van der Waals surface area (Å²) >= 11 is 0. The van der Waals surface area contributed by atoms with Gasteiger partial charge in [0.15, 0.2) is 0 Å². The van der Waals surface area contributed by atoms with E-state index in [9.17, 15) is 0 Å². The van der Waals surface area contributed by atoms with Crippen molar-refractivity contribution >= 4 is 5.82 Å². The second-order valence-electron chi connectivity index (χ2n) is 9.40. The SMILES string of the molecule is CC(C)CCCC(C)CCCC(C)CCCC(C)CCOc1nccc(N)n1. The summed E-state index contributed by atoms with van der Waals surface area (Å²) in [5, 5.41) is 0. The third-order valence-electron chi connectivity index (χ3n) is 5.76. The van der Waals surface area contributed by atoms with Crippen molar-refractivity contribution in [2.75, 3.05) is 12.3 Å². The topological polar surface area (TPSA) is 61.0 Å². The highest BCUT2D eigenvalue weighted by Gasteiger charge is 2.08. The predicted molar refractivity (Wildman–Crippen MR) is 120 cm³/mol. The molecule has 0 aliphatic heterocycles. The Bertz CT molecular complexity index is 506. The quantitative estimate of drug-likeness (QED) is 0.333. The zero-order valence-corrected chi connectivity index (χ0v) is 19.1. The zero-order chi connectivity index (χ0) is 20.8. The van der Waals surface area contributed by atoms with Crippen LogP contribution in [0.1, 0.15) is 98.8 Å². The summed E-state index contributed by atoms with van der Waals surface area (Å²) < 4.78 is 5.60. The Morgan fingerprint density at radius 1 is 0.786 bits per heavy atom. The van der Waals surface area contributed by atoms with Crippen LogP contribution in [-0.2, 0) is 0 Å². The monoisotopic (exact) mass is 391 g/mol. The number of nitrogens with zero attached hydrogens (tertiary/aromatic N) is 2. The molecule has 0 fully saturated rings. The van der Waals surface area contributed by atoms with E-state index in [4.69, 9.17) is 10.5 Å². The van der Waals surface area contributed by atoms with E-state index in [1.54, 1.807) is 12.3 Å². The third-order valence-corrected chi connectivity index (χ3v) is 5.76. The number of aromatic nitrogens is 2. The maximum atomic E-state index is 5.64. The van der Waals surface area contributed by atoms with Crippen LogP contribution < -0.4 is 10.5 Å². The summed E-state index contributed by atoms with van der Waals surface area (Å²) in [5.74, 6) is 3.74. The molecule has 162 valence electrons. The van der Waals surface area contributed by atoms with Crippen LogP contribution in [0.15, 0.2) is 12.3 Å². The Morgan fingerprint density at radius 3 is 1.79 bits per heavy atom. The minimum Gasteiger partial charge on any atom is -0.463 e. The highest BCUT2D eigenvalue weighted by molar-refractivity contribution is 5.26. The van der Waals surface area contributed by atoms with E-state index >= 15 is 0 Å². The number of hydrogen-bond donors (Lipinski definition) is 1. The third kappa shape index (κ3) is 13.0. The molecule has 0 spiro atoms. The Morgan fingerprint density at radius 2 is 1.29 bits per heavy atom. The van der Waals surface area contributed by atoms with Gasteiger partial charge in [-0.05, 0) is 36.2 Å². The molecule has 3 atom stereocenters. The van der Waals surface area contributed by atoms with E-state index in [1.165, 1.54) is 57.8 Å². The molecule has 1 rings (SSSR count). The minimum absolute atomic E-state index is 0.388. The fourth-order valence-corrected chi connectivity index (χ4v) is 3.71. The molecule has 28 heavy (non-hydrogen) atoms. The molecule has 0 aliphatic carbocycles. The van der Waals surface area contributed by atoms with Crippen LogP contribution >= 0.6 is 0 Å². The fourth-order valence-electron chi connectivity index (χ4n) is 3.71. The zero-order valence-electron chi connectivity index (χ0n) is 19.1. The minimum atomic E-state index is 0.388. The van der Waals surface area contributed by atoms with Gasteiger partial charge in [0, 0.05) is 6.20 Å². The first kappa shape index (κ1) is 24.7. The van der Waals surface area contributed by atoms with E-state index < -0.39 is 0 Å². The maximum Gasteiger partial charge on any atom is 0.318 e. The van der Waals surface area contributed by atoms with Crippen molar-refractivity contribution in [3.63, 3.8) is 0 Å². The van der Waals surface area contributed by atoms with Crippen LogP contribution in [0.2, 0.25) is 0 Å². The van der Waals surface area contributed by atoms with Gasteiger partial charge in [-0.15, -0.1) is 0 Å². The molecular formula is C24H45N3O. The van der Waals surface area contributed by atoms with E-state index in [-0.39, 0.29) is 0 Å². The molecular weight excluding hydrogens is 346 g/mol. The largest absolute Gasteiger partial charge is 0.463 e. The van der Waals surface area contributed by atoms with Gasteiger partial charge < -0.3 is 10.5 Å². The van der Waals surface area contributed by atoms with Crippen LogP contribution in [-0.4, -0.2) is 16.6 Å².